The monoisotopic (exact) mass is 355 g/mol. The van der Waals surface area contributed by atoms with Crippen LogP contribution < -0.4 is 5.32 Å². The van der Waals surface area contributed by atoms with E-state index in [2.05, 4.69) is 34.3 Å². The molecule has 25 heavy (non-hydrogen) atoms. The molecule has 2 aromatic heterocycles. The van der Waals surface area contributed by atoms with Crippen LogP contribution in [0.5, 0.6) is 0 Å². The fourth-order valence-corrected chi connectivity index (χ4v) is 3.68. The number of hydrogen-bond acceptors (Lipinski definition) is 5. The molecule has 0 radical (unpaired) electrons. The van der Waals surface area contributed by atoms with Crippen LogP contribution in [0.3, 0.4) is 0 Å². The van der Waals surface area contributed by atoms with Gasteiger partial charge >= 0.3 is 0 Å². The molecule has 1 unspecified atom stereocenters. The number of hydrogen-bond donors (Lipinski definition) is 1. The van der Waals surface area contributed by atoms with Crippen LogP contribution in [0, 0.1) is 20.8 Å². The van der Waals surface area contributed by atoms with Gasteiger partial charge in [0.15, 0.2) is 11.2 Å². The van der Waals surface area contributed by atoms with E-state index in [4.69, 9.17) is 4.42 Å². The third kappa shape index (κ3) is 3.85. The van der Waals surface area contributed by atoms with E-state index in [0.29, 0.717) is 22.9 Å². The van der Waals surface area contributed by atoms with Gasteiger partial charge in [-0.25, -0.2) is 4.98 Å². The van der Waals surface area contributed by atoms with Gasteiger partial charge in [0, 0.05) is 11.9 Å². The van der Waals surface area contributed by atoms with Crippen LogP contribution >= 0.6 is 11.8 Å². The summed E-state index contributed by atoms with van der Waals surface area (Å²) >= 11 is 1.33. The number of carbonyl (C=O) groups is 1. The molecule has 1 amide bonds. The fourth-order valence-electron chi connectivity index (χ4n) is 2.82. The molecule has 1 aromatic carbocycles. The lowest BCUT2D eigenvalue weighted by atomic mass is 10.0. The minimum atomic E-state index is -0.284. The van der Waals surface area contributed by atoms with E-state index in [0.717, 1.165) is 16.8 Å². The number of nitrogens with zero attached hydrogens (tertiary/aromatic N) is 2. The Balaban J connectivity index is 1.77. The standard InChI is InChI=1S/C19H21N3O2S/c1-5-15(25-19-22-17-14(24-19)7-6-8-20-17)18(23)21-16-12(3)9-11(2)10-13(16)4/h6-10,15H,5H2,1-4H3,(H,21,23). The Kier molecular flexibility index (Phi) is 5.08. The van der Waals surface area contributed by atoms with Gasteiger partial charge in [0.25, 0.3) is 5.22 Å². The lowest BCUT2D eigenvalue weighted by Crippen LogP contribution is -2.25. The van der Waals surface area contributed by atoms with Gasteiger partial charge in [-0.05, 0) is 50.5 Å². The lowest BCUT2D eigenvalue weighted by molar-refractivity contribution is -0.115. The van der Waals surface area contributed by atoms with Crippen molar-refractivity contribution >= 4 is 34.6 Å². The zero-order chi connectivity index (χ0) is 18.0. The minimum Gasteiger partial charge on any atom is -0.430 e. The van der Waals surface area contributed by atoms with Gasteiger partial charge in [-0.15, -0.1) is 0 Å². The average molecular weight is 355 g/mol. The van der Waals surface area contributed by atoms with Crippen molar-refractivity contribution in [3.63, 3.8) is 0 Å². The van der Waals surface area contributed by atoms with Crippen LogP contribution in [-0.2, 0) is 4.79 Å². The van der Waals surface area contributed by atoms with Crippen molar-refractivity contribution in [2.45, 2.75) is 44.6 Å². The van der Waals surface area contributed by atoms with Crippen molar-refractivity contribution in [1.82, 2.24) is 9.97 Å². The third-order valence-corrected chi connectivity index (χ3v) is 5.19. The number of amides is 1. The summed E-state index contributed by atoms with van der Waals surface area (Å²) in [7, 11) is 0. The molecule has 0 spiro atoms. The molecule has 0 saturated heterocycles. The first-order valence-electron chi connectivity index (χ1n) is 8.25. The predicted molar refractivity (Wildman–Crippen MR) is 101 cm³/mol. The molecule has 6 heteroatoms. The number of nitrogens with one attached hydrogen (secondary N) is 1. The molecule has 0 bridgehead atoms. The van der Waals surface area contributed by atoms with Crippen LogP contribution in [0.2, 0.25) is 0 Å². The minimum absolute atomic E-state index is 0.0437. The molecule has 3 aromatic rings. The Bertz CT molecular complexity index is 864. The molecule has 1 N–H and O–H groups in total. The molecule has 0 saturated carbocycles. The quantitative estimate of drug-likeness (QED) is 0.674. The number of carbonyl (C=O) groups excluding carboxylic acids is 1. The van der Waals surface area contributed by atoms with E-state index in [1.807, 2.05) is 26.8 Å². The summed E-state index contributed by atoms with van der Waals surface area (Å²) in [6.07, 6.45) is 2.35. The van der Waals surface area contributed by atoms with Gasteiger partial charge in [0.2, 0.25) is 5.91 Å². The zero-order valence-corrected chi connectivity index (χ0v) is 15.6. The summed E-state index contributed by atoms with van der Waals surface area (Å²) in [5, 5.41) is 3.25. The van der Waals surface area contributed by atoms with Gasteiger partial charge in [0.05, 0.1) is 5.25 Å². The molecule has 0 fully saturated rings. The number of pyridine rings is 1. The maximum atomic E-state index is 12.7. The van der Waals surface area contributed by atoms with Gasteiger partial charge in [-0.3, -0.25) is 4.79 Å². The maximum Gasteiger partial charge on any atom is 0.259 e. The first-order chi connectivity index (χ1) is 12.0. The van der Waals surface area contributed by atoms with Crippen molar-refractivity contribution in [1.29, 1.82) is 0 Å². The Morgan fingerprint density at radius 2 is 2.00 bits per heavy atom. The van der Waals surface area contributed by atoms with Crippen LogP contribution in [0.25, 0.3) is 11.2 Å². The maximum absolute atomic E-state index is 12.7. The number of aromatic nitrogens is 2. The van der Waals surface area contributed by atoms with Gasteiger partial charge < -0.3 is 9.73 Å². The zero-order valence-electron chi connectivity index (χ0n) is 14.8. The Morgan fingerprint density at radius 1 is 1.28 bits per heavy atom. The second-order valence-corrected chi connectivity index (χ2v) is 7.24. The van der Waals surface area contributed by atoms with Crippen LogP contribution in [0.15, 0.2) is 40.1 Å². The molecular weight excluding hydrogens is 334 g/mol. The van der Waals surface area contributed by atoms with Crippen LogP contribution in [0.1, 0.15) is 30.0 Å². The van der Waals surface area contributed by atoms with Crippen molar-refractivity contribution in [2.24, 2.45) is 0 Å². The van der Waals surface area contributed by atoms with E-state index >= 15 is 0 Å². The van der Waals surface area contributed by atoms with Crippen LogP contribution in [0.4, 0.5) is 5.69 Å². The number of aryl methyl sites for hydroxylation is 3. The van der Waals surface area contributed by atoms with Gasteiger partial charge in [0.1, 0.15) is 0 Å². The number of rotatable bonds is 5. The SMILES string of the molecule is CCC(Sc1nc2ncccc2o1)C(=O)Nc1c(C)cc(C)cc1C. The molecule has 3 rings (SSSR count). The summed E-state index contributed by atoms with van der Waals surface area (Å²) in [6, 6.07) is 7.76. The summed E-state index contributed by atoms with van der Waals surface area (Å²) in [5.41, 5.74) is 5.40. The smallest absolute Gasteiger partial charge is 0.259 e. The Hall–Kier alpha value is -2.34. The molecule has 0 aliphatic rings. The van der Waals surface area contributed by atoms with E-state index in [1.54, 1.807) is 12.3 Å². The summed E-state index contributed by atoms with van der Waals surface area (Å²) in [4.78, 5) is 21.2. The highest BCUT2D eigenvalue weighted by Gasteiger charge is 2.22. The van der Waals surface area contributed by atoms with Gasteiger partial charge in [-0.2, -0.15) is 4.98 Å². The number of oxazole rings is 1. The summed E-state index contributed by atoms with van der Waals surface area (Å²) < 4.78 is 5.67. The topological polar surface area (TPSA) is 68.0 Å². The third-order valence-electron chi connectivity index (χ3n) is 3.98. The highest BCUT2D eigenvalue weighted by Crippen LogP contribution is 2.29. The normalized spacial score (nSPS) is 12.3. The van der Waals surface area contributed by atoms with Crippen molar-refractivity contribution in [3.8, 4) is 0 Å². The van der Waals surface area contributed by atoms with E-state index in [-0.39, 0.29) is 11.2 Å². The van der Waals surface area contributed by atoms with E-state index in [9.17, 15) is 4.79 Å². The average Bonchev–Trinajstić information content (AvgIpc) is 2.98. The molecule has 130 valence electrons. The number of anilines is 1. The second-order valence-electron chi connectivity index (χ2n) is 6.08. The molecule has 2 heterocycles. The molecular formula is C19H21N3O2S. The Labute approximate surface area is 151 Å². The highest BCUT2D eigenvalue weighted by atomic mass is 32.2. The molecule has 0 aliphatic heterocycles. The number of benzene rings is 1. The lowest BCUT2D eigenvalue weighted by Gasteiger charge is -2.16. The summed E-state index contributed by atoms with van der Waals surface area (Å²) in [6.45, 7) is 8.05. The fraction of sp³-hybridized carbons (Fsp3) is 0.316. The Morgan fingerprint density at radius 3 is 2.64 bits per heavy atom. The van der Waals surface area contributed by atoms with Gasteiger partial charge in [-0.1, -0.05) is 36.4 Å². The van der Waals surface area contributed by atoms with E-state index in [1.165, 1.54) is 17.3 Å². The summed E-state index contributed by atoms with van der Waals surface area (Å²) in [5.74, 6) is -0.0437. The first kappa shape index (κ1) is 17.5. The second kappa shape index (κ2) is 7.27. The number of thioether (sulfide) groups is 1. The van der Waals surface area contributed by atoms with Crippen LogP contribution in [-0.4, -0.2) is 21.1 Å². The molecule has 5 nitrogen and oxygen atoms in total. The molecule has 0 aliphatic carbocycles. The first-order valence-corrected chi connectivity index (χ1v) is 9.12. The highest BCUT2D eigenvalue weighted by molar-refractivity contribution is 8.00. The van der Waals surface area contributed by atoms with Crippen molar-refractivity contribution < 1.29 is 9.21 Å². The number of fused-ring (bicyclic) bond motifs is 1. The molecule has 1 atom stereocenters. The van der Waals surface area contributed by atoms with Crippen molar-refractivity contribution in [3.05, 3.63) is 47.2 Å². The predicted octanol–water partition coefficient (Wildman–Crippen LogP) is 4.66. The largest absolute Gasteiger partial charge is 0.430 e. The van der Waals surface area contributed by atoms with Crippen molar-refractivity contribution in [2.75, 3.05) is 5.32 Å². The van der Waals surface area contributed by atoms with E-state index < -0.39 is 0 Å².